The first-order valence-electron chi connectivity index (χ1n) is 5.87. The number of hydrogen-bond acceptors (Lipinski definition) is 3. The van der Waals surface area contributed by atoms with E-state index in [4.69, 9.17) is 10.4 Å². The summed E-state index contributed by atoms with van der Waals surface area (Å²) in [6.45, 7) is 6.42. The van der Waals surface area contributed by atoms with E-state index in [0.717, 1.165) is 12.8 Å². The largest absolute Gasteiger partial charge is 0.395 e. The average molecular weight is 226 g/mol. The van der Waals surface area contributed by atoms with E-state index in [0.29, 0.717) is 19.5 Å². The smallest absolute Gasteiger partial charge is 0.242 e. The van der Waals surface area contributed by atoms with Crippen LogP contribution in [-0.4, -0.2) is 35.6 Å². The van der Waals surface area contributed by atoms with Crippen molar-refractivity contribution in [3.63, 3.8) is 0 Å². The number of aliphatic hydroxyl groups is 1. The molecule has 1 amide bonds. The Kier molecular flexibility index (Phi) is 6.75. The molecule has 0 heterocycles. The number of carbonyl (C=O) groups is 1. The lowest BCUT2D eigenvalue weighted by Gasteiger charge is -2.28. The van der Waals surface area contributed by atoms with Crippen molar-refractivity contribution >= 4 is 5.91 Å². The van der Waals surface area contributed by atoms with Gasteiger partial charge >= 0.3 is 0 Å². The first-order valence-corrected chi connectivity index (χ1v) is 5.87. The van der Waals surface area contributed by atoms with E-state index < -0.39 is 5.41 Å². The van der Waals surface area contributed by atoms with Crippen molar-refractivity contribution in [2.45, 2.75) is 40.0 Å². The third-order valence-corrected chi connectivity index (χ3v) is 2.86. The van der Waals surface area contributed by atoms with Crippen LogP contribution in [0, 0.1) is 16.7 Å². The van der Waals surface area contributed by atoms with Crippen LogP contribution in [0.25, 0.3) is 0 Å². The third kappa shape index (κ3) is 3.82. The van der Waals surface area contributed by atoms with Crippen molar-refractivity contribution in [2.75, 3.05) is 19.7 Å². The molecule has 0 fully saturated rings. The average Bonchev–Trinajstić information content (AvgIpc) is 2.32. The van der Waals surface area contributed by atoms with Crippen LogP contribution >= 0.6 is 0 Å². The molecule has 1 unspecified atom stereocenters. The second kappa shape index (κ2) is 7.24. The zero-order valence-corrected chi connectivity index (χ0v) is 10.5. The van der Waals surface area contributed by atoms with Gasteiger partial charge in [-0.3, -0.25) is 4.79 Å². The Morgan fingerprint density at radius 3 is 2.44 bits per heavy atom. The van der Waals surface area contributed by atoms with Crippen LogP contribution in [0.5, 0.6) is 0 Å². The van der Waals surface area contributed by atoms with Crippen molar-refractivity contribution in [3.05, 3.63) is 0 Å². The molecule has 0 aromatic heterocycles. The Balaban J connectivity index is 4.65. The summed E-state index contributed by atoms with van der Waals surface area (Å²) >= 11 is 0. The minimum atomic E-state index is -0.955. The Bertz CT molecular complexity index is 260. The van der Waals surface area contributed by atoms with Crippen LogP contribution in [0.4, 0.5) is 0 Å². The maximum atomic E-state index is 12.1. The van der Waals surface area contributed by atoms with Gasteiger partial charge in [-0.05, 0) is 19.8 Å². The lowest BCUT2D eigenvalue weighted by Crippen LogP contribution is -2.43. The van der Waals surface area contributed by atoms with Gasteiger partial charge < -0.3 is 10.0 Å². The molecular weight excluding hydrogens is 204 g/mol. The van der Waals surface area contributed by atoms with Crippen LogP contribution in [0.3, 0.4) is 0 Å². The summed E-state index contributed by atoms with van der Waals surface area (Å²) in [5.41, 5.74) is -0.955. The fraction of sp³-hybridized carbons (Fsp3) is 0.833. The molecule has 0 rings (SSSR count). The Morgan fingerprint density at radius 1 is 1.44 bits per heavy atom. The van der Waals surface area contributed by atoms with Gasteiger partial charge in [0.1, 0.15) is 5.41 Å². The van der Waals surface area contributed by atoms with Gasteiger partial charge in [0, 0.05) is 13.1 Å². The lowest BCUT2D eigenvalue weighted by molar-refractivity contribution is -0.139. The maximum absolute atomic E-state index is 12.1. The van der Waals surface area contributed by atoms with Crippen LogP contribution in [0.15, 0.2) is 0 Å². The summed E-state index contributed by atoms with van der Waals surface area (Å²) in [5, 5.41) is 18.0. The molecule has 4 heteroatoms. The Morgan fingerprint density at radius 2 is 2.06 bits per heavy atom. The summed E-state index contributed by atoms with van der Waals surface area (Å²) in [5.74, 6) is -0.167. The van der Waals surface area contributed by atoms with Crippen LogP contribution in [0.2, 0.25) is 0 Å². The van der Waals surface area contributed by atoms with E-state index in [1.807, 2.05) is 13.8 Å². The summed E-state index contributed by atoms with van der Waals surface area (Å²) in [4.78, 5) is 13.7. The molecule has 16 heavy (non-hydrogen) atoms. The number of nitrogens with zero attached hydrogens (tertiary/aromatic N) is 2. The molecule has 1 atom stereocenters. The van der Waals surface area contributed by atoms with Crippen molar-refractivity contribution in [1.29, 1.82) is 5.26 Å². The molecule has 0 saturated heterocycles. The minimum Gasteiger partial charge on any atom is -0.395 e. The highest BCUT2D eigenvalue weighted by molar-refractivity contribution is 5.85. The zero-order valence-electron chi connectivity index (χ0n) is 10.5. The van der Waals surface area contributed by atoms with E-state index in [9.17, 15) is 4.79 Å². The topological polar surface area (TPSA) is 64.3 Å². The highest BCUT2D eigenvalue weighted by Crippen LogP contribution is 2.23. The summed E-state index contributed by atoms with van der Waals surface area (Å²) < 4.78 is 0. The van der Waals surface area contributed by atoms with E-state index in [2.05, 4.69) is 6.07 Å². The standard InChI is InChI=1S/C12H22N2O2/c1-4-6-7-14(8-9-15)11(16)12(3,5-2)10-13/h15H,4-9H2,1-3H3. The van der Waals surface area contributed by atoms with Gasteiger partial charge in [-0.1, -0.05) is 20.3 Å². The second-order valence-electron chi connectivity index (χ2n) is 4.17. The molecular formula is C12H22N2O2. The number of nitriles is 1. The van der Waals surface area contributed by atoms with Gasteiger partial charge in [-0.25, -0.2) is 0 Å². The van der Waals surface area contributed by atoms with Crippen LogP contribution in [-0.2, 0) is 4.79 Å². The predicted molar refractivity (Wildman–Crippen MR) is 62.6 cm³/mol. The highest BCUT2D eigenvalue weighted by atomic mass is 16.3. The molecule has 0 saturated carbocycles. The normalized spacial score (nSPS) is 13.9. The highest BCUT2D eigenvalue weighted by Gasteiger charge is 2.34. The molecule has 0 aromatic carbocycles. The van der Waals surface area contributed by atoms with Crippen molar-refractivity contribution in [1.82, 2.24) is 4.90 Å². The molecule has 0 aliphatic rings. The lowest BCUT2D eigenvalue weighted by atomic mass is 9.87. The summed E-state index contributed by atoms with van der Waals surface area (Å²) in [6, 6.07) is 2.07. The van der Waals surface area contributed by atoms with Crippen LogP contribution < -0.4 is 0 Å². The van der Waals surface area contributed by atoms with E-state index >= 15 is 0 Å². The number of hydrogen-bond donors (Lipinski definition) is 1. The first-order chi connectivity index (χ1) is 7.55. The number of unbranched alkanes of at least 4 members (excludes halogenated alkanes) is 1. The van der Waals surface area contributed by atoms with Gasteiger partial charge in [-0.15, -0.1) is 0 Å². The zero-order chi connectivity index (χ0) is 12.6. The molecule has 0 spiro atoms. The number of carbonyl (C=O) groups excluding carboxylic acids is 1. The Hall–Kier alpha value is -1.08. The van der Waals surface area contributed by atoms with Gasteiger partial charge in [0.15, 0.2) is 0 Å². The summed E-state index contributed by atoms with van der Waals surface area (Å²) in [6.07, 6.45) is 2.39. The Labute approximate surface area is 97.9 Å². The number of rotatable bonds is 7. The molecule has 4 nitrogen and oxygen atoms in total. The fourth-order valence-electron chi connectivity index (χ4n) is 1.41. The van der Waals surface area contributed by atoms with Crippen molar-refractivity contribution in [3.8, 4) is 6.07 Å². The molecule has 1 N–H and O–H groups in total. The maximum Gasteiger partial charge on any atom is 0.242 e. The van der Waals surface area contributed by atoms with Gasteiger partial charge in [0.05, 0.1) is 12.7 Å². The van der Waals surface area contributed by atoms with Crippen LogP contribution in [0.1, 0.15) is 40.0 Å². The minimum absolute atomic E-state index is 0.0549. The van der Waals surface area contributed by atoms with E-state index in [1.165, 1.54) is 0 Å². The van der Waals surface area contributed by atoms with E-state index in [-0.39, 0.29) is 12.5 Å². The summed E-state index contributed by atoms with van der Waals surface area (Å²) in [7, 11) is 0. The fourth-order valence-corrected chi connectivity index (χ4v) is 1.41. The first kappa shape index (κ1) is 14.9. The predicted octanol–water partition coefficient (Wildman–Crippen LogP) is 1.55. The van der Waals surface area contributed by atoms with Gasteiger partial charge in [-0.2, -0.15) is 5.26 Å². The molecule has 0 aliphatic heterocycles. The number of amides is 1. The molecule has 0 aliphatic carbocycles. The molecule has 0 bridgehead atoms. The molecule has 92 valence electrons. The van der Waals surface area contributed by atoms with Crippen molar-refractivity contribution in [2.24, 2.45) is 5.41 Å². The molecule has 0 radical (unpaired) electrons. The van der Waals surface area contributed by atoms with Crippen molar-refractivity contribution < 1.29 is 9.90 Å². The number of aliphatic hydroxyl groups excluding tert-OH is 1. The monoisotopic (exact) mass is 226 g/mol. The third-order valence-electron chi connectivity index (χ3n) is 2.86. The van der Waals surface area contributed by atoms with Gasteiger partial charge in [0.25, 0.3) is 0 Å². The quantitative estimate of drug-likeness (QED) is 0.716. The van der Waals surface area contributed by atoms with E-state index in [1.54, 1.807) is 11.8 Å². The SMILES string of the molecule is CCCCN(CCO)C(=O)C(C)(C#N)CC. The molecule has 0 aromatic rings. The second-order valence-corrected chi connectivity index (χ2v) is 4.17. The van der Waals surface area contributed by atoms with Gasteiger partial charge in [0.2, 0.25) is 5.91 Å².